The fourth-order valence-corrected chi connectivity index (χ4v) is 3.48. The summed E-state index contributed by atoms with van der Waals surface area (Å²) in [6.07, 6.45) is 0. The summed E-state index contributed by atoms with van der Waals surface area (Å²) in [6, 6.07) is 18.4. The molecule has 0 saturated carbocycles. The molecule has 0 unspecified atom stereocenters. The van der Waals surface area contributed by atoms with E-state index < -0.39 is 0 Å². The summed E-state index contributed by atoms with van der Waals surface area (Å²) in [7, 11) is 0. The summed E-state index contributed by atoms with van der Waals surface area (Å²) < 4.78 is 0.903. The third-order valence-electron chi connectivity index (χ3n) is 4.09. The molecule has 1 amide bonds. The standard InChI is InChI=1S/C18H19BrN2O/c1-13-11-21(18(13)14-7-3-2-4-8-14)12-17(22)20-16-10-6-5-9-15(16)19/h2-10,13,18H,11-12H2,1H3,(H,20,22)/t13-,18-/m0/s1. The summed E-state index contributed by atoms with van der Waals surface area (Å²) in [4.78, 5) is 14.5. The quantitative estimate of drug-likeness (QED) is 0.892. The molecule has 3 nitrogen and oxygen atoms in total. The summed E-state index contributed by atoms with van der Waals surface area (Å²) >= 11 is 3.45. The number of benzene rings is 2. The highest BCUT2D eigenvalue weighted by atomic mass is 79.9. The topological polar surface area (TPSA) is 32.3 Å². The number of amides is 1. The van der Waals surface area contributed by atoms with Crippen LogP contribution >= 0.6 is 15.9 Å². The number of hydrogen-bond acceptors (Lipinski definition) is 2. The second-order valence-electron chi connectivity index (χ2n) is 5.79. The Bertz CT molecular complexity index is 659. The smallest absolute Gasteiger partial charge is 0.238 e. The van der Waals surface area contributed by atoms with E-state index in [0.717, 1.165) is 16.7 Å². The van der Waals surface area contributed by atoms with Gasteiger partial charge in [-0.05, 0) is 39.5 Å². The number of nitrogens with zero attached hydrogens (tertiary/aromatic N) is 1. The number of rotatable bonds is 4. The van der Waals surface area contributed by atoms with Gasteiger partial charge in [0, 0.05) is 17.1 Å². The third kappa shape index (κ3) is 3.23. The number of anilines is 1. The van der Waals surface area contributed by atoms with Crippen LogP contribution < -0.4 is 5.32 Å². The van der Waals surface area contributed by atoms with Crippen molar-refractivity contribution in [1.29, 1.82) is 0 Å². The molecule has 4 heteroatoms. The van der Waals surface area contributed by atoms with E-state index in [1.807, 2.05) is 30.3 Å². The molecule has 1 N–H and O–H groups in total. The van der Waals surface area contributed by atoms with Crippen molar-refractivity contribution in [2.24, 2.45) is 5.92 Å². The van der Waals surface area contributed by atoms with Crippen molar-refractivity contribution < 1.29 is 4.79 Å². The Morgan fingerprint density at radius 2 is 1.86 bits per heavy atom. The van der Waals surface area contributed by atoms with Gasteiger partial charge in [0.05, 0.1) is 12.2 Å². The van der Waals surface area contributed by atoms with Gasteiger partial charge in [-0.3, -0.25) is 9.69 Å². The zero-order chi connectivity index (χ0) is 15.5. The zero-order valence-electron chi connectivity index (χ0n) is 12.5. The Morgan fingerprint density at radius 1 is 1.18 bits per heavy atom. The second kappa shape index (κ2) is 6.63. The van der Waals surface area contributed by atoms with Gasteiger partial charge < -0.3 is 5.32 Å². The molecule has 0 aromatic heterocycles. The van der Waals surface area contributed by atoms with Gasteiger partial charge in [0.25, 0.3) is 0 Å². The molecule has 0 aliphatic carbocycles. The van der Waals surface area contributed by atoms with Gasteiger partial charge in [0.2, 0.25) is 5.91 Å². The van der Waals surface area contributed by atoms with Crippen LogP contribution in [0.5, 0.6) is 0 Å². The van der Waals surface area contributed by atoms with Gasteiger partial charge in [-0.1, -0.05) is 49.4 Å². The summed E-state index contributed by atoms with van der Waals surface area (Å²) in [6.45, 7) is 3.62. The van der Waals surface area contributed by atoms with Crippen molar-refractivity contribution in [2.75, 3.05) is 18.4 Å². The van der Waals surface area contributed by atoms with Crippen LogP contribution in [-0.4, -0.2) is 23.9 Å². The molecule has 2 aromatic rings. The first-order valence-corrected chi connectivity index (χ1v) is 8.28. The average molecular weight is 359 g/mol. The highest BCUT2D eigenvalue weighted by Crippen LogP contribution is 2.38. The molecule has 0 bridgehead atoms. The number of carbonyl (C=O) groups is 1. The van der Waals surface area contributed by atoms with E-state index in [9.17, 15) is 4.79 Å². The minimum atomic E-state index is 0.0275. The van der Waals surface area contributed by atoms with Crippen molar-refractivity contribution in [3.63, 3.8) is 0 Å². The largest absolute Gasteiger partial charge is 0.324 e. The molecule has 1 fully saturated rings. The number of carbonyl (C=O) groups excluding carboxylic acids is 1. The SMILES string of the molecule is C[C@H]1CN(CC(=O)Nc2ccccc2Br)[C@@H]1c1ccccc1. The fourth-order valence-electron chi connectivity index (χ4n) is 3.09. The molecule has 2 atom stereocenters. The molecule has 1 aliphatic rings. The summed E-state index contributed by atoms with van der Waals surface area (Å²) in [5, 5.41) is 2.97. The van der Waals surface area contributed by atoms with Crippen LogP contribution in [0.4, 0.5) is 5.69 Å². The molecule has 1 aliphatic heterocycles. The maximum Gasteiger partial charge on any atom is 0.238 e. The highest BCUT2D eigenvalue weighted by molar-refractivity contribution is 9.10. The van der Waals surface area contributed by atoms with Gasteiger partial charge >= 0.3 is 0 Å². The van der Waals surface area contributed by atoms with Crippen molar-refractivity contribution in [3.05, 3.63) is 64.6 Å². The van der Waals surface area contributed by atoms with E-state index in [4.69, 9.17) is 0 Å². The first-order valence-electron chi connectivity index (χ1n) is 7.48. The Hall–Kier alpha value is -1.65. The van der Waals surface area contributed by atoms with Crippen LogP contribution in [0.1, 0.15) is 18.5 Å². The predicted octanol–water partition coefficient (Wildman–Crippen LogP) is 4.08. The predicted molar refractivity (Wildman–Crippen MR) is 92.7 cm³/mol. The van der Waals surface area contributed by atoms with Crippen molar-refractivity contribution in [1.82, 2.24) is 4.90 Å². The molecule has 0 spiro atoms. The Morgan fingerprint density at radius 3 is 2.55 bits per heavy atom. The molecule has 1 heterocycles. The lowest BCUT2D eigenvalue weighted by Gasteiger charge is -2.46. The van der Waals surface area contributed by atoms with E-state index in [2.05, 4.69) is 57.3 Å². The van der Waals surface area contributed by atoms with E-state index in [-0.39, 0.29) is 5.91 Å². The molecule has 3 rings (SSSR count). The van der Waals surface area contributed by atoms with Gasteiger partial charge in [0.15, 0.2) is 0 Å². The fraction of sp³-hybridized carbons (Fsp3) is 0.278. The molecule has 22 heavy (non-hydrogen) atoms. The van der Waals surface area contributed by atoms with Crippen molar-refractivity contribution in [2.45, 2.75) is 13.0 Å². The lowest BCUT2D eigenvalue weighted by atomic mass is 9.85. The molecular weight excluding hydrogens is 340 g/mol. The summed E-state index contributed by atoms with van der Waals surface area (Å²) in [5.74, 6) is 0.610. The first-order chi connectivity index (χ1) is 10.6. The maximum absolute atomic E-state index is 12.3. The Balaban J connectivity index is 1.63. The molecule has 0 radical (unpaired) electrons. The normalized spacial score (nSPS) is 21.2. The highest BCUT2D eigenvalue weighted by Gasteiger charge is 2.37. The molecule has 114 valence electrons. The van der Waals surface area contributed by atoms with Crippen LogP contribution in [-0.2, 0) is 4.79 Å². The van der Waals surface area contributed by atoms with Crippen LogP contribution in [0.2, 0.25) is 0 Å². The molecule has 2 aromatic carbocycles. The lowest BCUT2D eigenvalue weighted by molar-refractivity contribution is -0.120. The minimum absolute atomic E-state index is 0.0275. The van der Waals surface area contributed by atoms with Gasteiger partial charge in [0.1, 0.15) is 0 Å². The van der Waals surface area contributed by atoms with E-state index in [1.54, 1.807) is 0 Å². The number of likely N-dealkylation sites (tertiary alicyclic amines) is 1. The van der Waals surface area contributed by atoms with E-state index in [1.165, 1.54) is 5.56 Å². The summed E-state index contributed by atoms with van der Waals surface area (Å²) in [5.41, 5.74) is 2.10. The van der Waals surface area contributed by atoms with E-state index >= 15 is 0 Å². The van der Waals surface area contributed by atoms with Crippen LogP contribution in [0.25, 0.3) is 0 Å². The Kier molecular flexibility index (Phi) is 4.60. The second-order valence-corrected chi connectivity index (χ2v) is 6.64. The number of nitrogens with one attached hydrogen (secondary N) is 1. The average Bonchev–Trinajstić information content (AvgIpc) is 2.50. The monoisotopic (exact) mass is 358 g/mol. The van der Waals surface area contributed by atoms with Gasteiger partial charge in [-0.15, -0.1) is 0 Å². The van der Waals surface area contributed by atoms with Gasteiger partial charge in [-0.25, -0.2) is 0 Å². The number of para-hydroxylation sites is 1. The number of hydrogen-bond donors (Lipinski definition) is 1. The van der Waals surface area contributed by atoms with Crippen LogP contribution in [0.15, 0.2) is 59.1 Å². The van der Waals surface area contributed by atoms with Crippen LogP contribution in [0, 0.1) is 5.92 Å². The lowest BCUT2D eigenvalue weighted by Crippen LogP contribution is -2.51. The zero-order valence-corrected chi connectivity index (χ0v) is 14.1. The molecule has 1 saturated heterocycles. The third-order valence-corrected chi connectivity index (χ3v) is 4.78. The first kappa shape index (κ1) is 15.3. The maximum atomic E-state index is 12.3. The van der Waals surface area contributed by atoms with Crippen molar-refractivity contribution >= 4 is 27.5 Å². The molecular formula is C18H19BrN2O. The minimum Gasteiger partial charge on any atom is -0.324 e. The van der Waals surface area contributed by atoms with Crippen molar-refractivity contribution in [3.8, 4) is 0 Å². The van der Waals surface area contributed by atoms with Crippen LogP contribution in [0.3, 0.4) is 0 Å². The van der Waals surface area contributed by atoms with Gasteiger partial charge in [-0.2, -0.15) is 0 Å². The number of halogens is 1. The Labute approximate surface area is 139 Å². The van der Waals surface area contributed by atoms with E-state index in [0.29, 0.717) is 18.5 Å².